The van der Waals surface area contributed by atoms with Crippen molar-refractivity contribution < 1.29 is 36.6 Å². The summed E-state index contributed by atoms with van der Waals surface area (Å²) < 4.78 is 60.2. The van der Waals surface area contributed by atoms with E-state index in [1.807, 2.05) is 0 Å². The number of benzene rings is 2. The summed E-state index contributed by atoms with van der Waals surface area (Å²) in [7, 11) is 1.07. The summed E-state index contributed by atoms with van der Waals surface area (Å²) in [5, 5.41) is -0.171. The van der Waals surface area contributed by atoms with E-state index in [9.17, 15) is 22.8 Å². The number of aryl methyl sites for hydroxylation is 2. The minimum atomic E-state index is -5.00. The van der Waals surface area contributed by atoms with Crippen LogP contribution in [0.3, 0.4) is 0 Å². The molecule has 0 saturated heterocycles. The highest BCUT2D eigenvalue weighted by molar-refractivity contribution is 5.80. The van der Waals surface area contributed by atoms with Crippen molar-refractivity contribution in [2.24, 2.45) is 0 Å². The first-order valence-corrected chi connectivity index (χ1v) is 8.29. The highest BCUT2D eigenvalue weighted by atomic mass is 19.4. The molecule has 1 heterocycles. The Labute approximate surface area is 162 Å². The highest BCUT2D eigenvalue weighted by Crippen LogP contribution is 2.39. The Morgan fingerprint density at radius 1 is 1.07 bits per heavy atom. The molecular formula is C20H15F3O6. The van der Waals surface area contributed by atoms with E-state index in [-0.39, 0.29) is 16.9 Å². The van der Waals surface area contributed by atoms with Gasteiger partial charge < -0.3 is 18.6 Å². The van der Waals surface area contributed by atoms with Crippen LogP contribution in [0.4, 0.5) is 18.0 Å². The number of hydrogen-bond acceptors (Lipinski definition) is 6. The molecule has 0 aliphatic heterocycles. The summed E-state index contributed by atoms with van der Waals surface area (Å²) >= 11 is 0. The minimum Gasteiger partial charge on any atom is -0.449 e. The Morgan fingerprint density at radius 2 is 1.79 bits per heavy atom. The van der Waals surface area contributed by atoms with Crippen LogP contribution in [-0.2, 0) is 10.9 Å². The normalized spacial score (nSPS) is 11.4. The van der Waals surface area contributed by atoms with E-state index < -0.39 is 34.9 Å². The molecular weight excluding hydrogens is 393 g/mol. The number of carbonyl (C=O) groups is 1. The number of rotatable bonds is 3. The van der Waals surface area contributed by atoms with Crippen LogP contribution >= 0.6 is 0 Å². The Hall–Kier alpha value is -3.49. The molecule has 0 aliphatic rings. The fourth-order valence-electron chi connectivity index (χ4n) is 2.56. The average molecular weight is 408 g/mol. The van der Waals surface area contributed by atoms with Gasteiger partial charge in [0.05, 0.1) is 12.5 Å². The van der Waals surface area contributed by atoms with Crippen LogP contribution in [0.1, 0.15) is 16.9 Å². The highest BCUT2D eigenvalue weighted by Gasteiger charge is 2.40. The lowest BCUT2D eigenvalue weighted by Gasteiger charge is -2.15. The van der Waals surface area contributed by atoms with Crippen molar-refractivity contribution in [1.29, 1.82) is 0 Å². The SMILES string of the molecule is COC(=O)Oc1ccc2c(=O)c(Oc3cc(C)ccc3C)c(C(F)(F)F)oc2c1. The third kappa shape index (κ3) is 4.18. The molecule has 0 aliphatic carbocycles. The Bertz CT molecular complexity index is 1150. The van der Waals surface area contributed by atoms with E-state index in [0.29, 0.717) is 5.56 Å². The first kappa shape index (κ1) is 20.2. The molecule has 29 heavy (non-hydrogen) atoms. The zero-order valence-electron chi connectivity index (χ0n) is 15.5. The molecule has 1 aromatic heterocycles. The van der Waals surface area contributed by atoms with Crippen molar-refractivity contribution in [3.05, 3.63) is 63.5 Å². The summed E-state index contributed by atoms with van der Waals surface area (Å²) in [6.07, 6.45) is -6.07. The lowest BCUT2D eigenvalue weighted by molar-refractivity contribution is -0.154. The van der Waals surface area contributed by atoms with Crippen molar-refractivity contribution in [1.82, 2.24) is 0 Å². The second-order valence-electron chi connectivity index (χ2n) is 6.17. The second-order valence-corrected chi connectivity index (χ2v) is 6.17. The van der Waals surface area contributed by atoms with Gasteiger partial charge in [-0.15, -0.1) is 0 Å². The van der Waals surface area contributed by atoms with Crippen LogP contribution < -0.4 is 14.9 Å². The van der Waals surface area contributed by atoms with Crippen LogP contribution in [0, 0.1) is 13.8 Å². The number of ether oxygens (including phenoxy) is 3. The molecule has 0 bridgehead atoms. The molecule has 0 unspecified atom stereocenters. The monoisotopic (exact) mass is 408 g/mol. The molecule has 0 amide bonds. The van der Waals surface area contributed by atoms with E-state index >= 15 is 0 Å². The maximum Gasteiger partial charge on any atom is 0.513 e. The average Bonchev–Trinajstić information content (AvgIpc) is 2.65. The van der Waals surface area contributed by atoms with Gasteiger partial charge in [-0.1, -0.05) is 12.1 Å². The van der Waals surface area contributed by atoms with Gasteiger partial charge in [0.1, 0.15) is 17.1 Å². The van der Waals surface area contributed by atoms with E-state index in [1.54, 1.807) is 26.0 Å². The van der Waals surface area contributed by atoms with Gasteiger partial charge in [-0.25, -0.2) is 4.79 Å². The Balaban J connectivity index is 2.19. The number of fused-ring (bicyclic) bond motifs is 1. The molecule has 9 heteroatoms. The molecule has 3 aromatic rings. The van der Waals surface area contributed by atoms with Crippen molar-refractivity contribution in [2.75, 3.05) is 7.11 Å². The molecule has 0 atom stereocenters. The number of carbonyl (C=O) groups excluding carboxylic acids is 1. The predicted molar refractivity (Wildman–Crippen MR) is 96.5 cm³/mol. The molecule has 152 valence electrons. The largest absolute Gasteiger partial charge is 0.513 e. The maximum atomic E-state index is 13.6. The number of methoxy groups -OCH3 is 1. The molecule has 0 N–H and O–H groups in total. The van der Waals surface area contributed by atoms with Gasteiger partial charge in [-0.2, -0.15) is 13.2 Å². The van der Waals surface area contributed by atoms with Crippen LogP contribution in [0.25, 0.3) is 11.0 Å². The Kier molecular flexibility index (Phi) is 5.23. The fourth-order valence-corrected chi connectivity index (χ4v) is 2.56. The quantitative estimate of drug-likeness (QED) is 0.429. The van der Waals surface area contributed by atoms with Gasteiger partial charge in [-0.3, -0.25) is 4.79 Å². The Morgan fingerprint density at radius 3 is 2.45 bits per heavy atom. The van der Waals surface area contributed by atoms with Gasteiger partial charge in [0, 0.05) is 6.07 Å². The smallest absolute Gasteiger partial charge is 0.449 e. The summed E-state index contributed by atoms with van der Waals surface area (Å²) in [5.74, 6) is -2.61. The summed E-state index contributed by atoms with van der Waals surface area (Å²) in [4.78, 5) is 24.0. The van der Waals surface area contributed by atoms with Gasteiger partial charge in [0.15, 0.2) is 0 Å². The third-order valence-corrected chi connectivity index (χ3v) is 4.00. The maximum absolute atomic E-state index is 13.6. The van der Waals surface area contributed by atoms with E-state index in [4.69, 9.17) is 13.9 Å². The van der Waals surface area contributed by atoms with Crippen molar-refractivity contribution in [3.63, 3.8) is 0 Å². The van der Waals surface area contributed by atoms with Crippen LogP contribution in [-0.4, -0.2) is 13.3 Å². The van der Waals surface area contributed by atoms with Crippen molar-refractivity contribution in [2.45, 2.75) is 20.0 Å². The predicted octanol–water partition coefficient (Wildman–Crippen LogP) is 5.37. The summed E-state index contributed by atoms with van der Waals surface area (Å²) in [6, 6.07) is 8.34. The van der Waals surface area contributed by atoms with E-state index in [0.717, 1.165) is 18.7 Å². The van der Waals surface area contributed by atoms with Crippen molar-refractivity contribution in [3.8, 4) is 17.2 Å². The minimum absolute atomic E-state index is 0.104. The van der Waals surface area contributed by atoms with Crippen LogP contribution in [0.5, 0.6) is 17.2 Å². The molecule has 3 rings (SSSR count). The first-order valence-electron chi connectivity index (χ1n) is 8.29. The lowest BCUT2D eigenvalue weighted by atomic mass is 10.1. The molecule has 0 radical (unpaired) electrons. The second kappa shape index (κ2) is 7.50. The van der Waals surface area contributed by atoms with Gasteiger partial charge in [0.25, 0.3) is 5.76 Å². The zero-order valence-corrected chi connectivity index (χ0v) is 15.5. The van der Waals surface area contributed by atoms with Crippen molar-refractivity contribution >= 4 is 17.1 Å². The fraction of sp³-hybridized carbons (Fsp3) is 0.200. The summed E-state index contributed by atoms with van der Waals surface area (Å²) in [5.41, 5.74) is -0.139. The molecule has 2 aromatic carbocycles. The number of halogens is 3. The van der Waals surface area contributed by atoms with Crippen LogP contribution in [0.2, 0.25) is 0 Å². The molecule has 0 spiro atoms. The van der Waals surface area contributed by atoms with Gasteiger partial charge >= 0.3 is 12.3 Å². The lowest BCUT2D eigenvalue weighted by Crippen LogP contribution is -2.16. The molecule has 0 saturated carbocycles. The number of alkyl halides is 3. The number of hydrogen-bond donors (Lipinski definition) is 0. The standard InChI is InChI=1S/C20H15F3O6/c1-10-4-5-11(2)14(8-10)28-17-16(24)13-7-6-12(27-19(25)26-3)9-15(13)29-18(17)20(21,22)23/h4-9H,1-3H3. The van der Waals surface area contributed by atoms with Crippen LogP contribution in [0.15, 0.2) is 45.6 Å². The topological polar surface area (TPSA) is 75.0 Å². The zero-order chi connectivity index (χ0) is 21.3. The van der Waals surface area contributed by atoms with Gasteiger partial charge in [-0.05, 0) is 43.2 Å². The van der Waals surface area contributed by atoms with E-state index in [1.165, 1.54) is 18.2 Å². The van der Waals surface area contributed by atoms with Gasteiger partial charge in [0.2, 0.25) is 11.2 Å². The molecule has 6 nitrogen and oxygen atoms in total. The third-order valence-electron chi connectivity index (χ3n) is 4.00. The molecule has 0 fully saturated rings. The summed E-state index contributed by atoms with van der Waals surface area (Å²) in [6.45, 7) is 3.38. The van der Waals surface area contributed by atoms with E-state index in [2.05, 4.69) is 4.74 Å². The first-order chi connectivity index (χ1) is 13.6.